The molecule has 1 aliphatic carbocycles. The van der Waals surface area contributed by atoms with Gasteiger partial charge in [-0.1, -0.05) is 12.1 Å². The van der Waals surface area contributed by atoms with Crippen molar-refractivity contribution in [3.8, 4) is 5.75 Å². The topological polar surface area (TPSA) is 107 Å². The van der Waals surface area contributed by atoms with Gasteiger partial charge in [-0.25, -0.2) is 4.79 Å². The van der Waals surface area contributed by atoms with Crippen molar-refractivity contribution in [2.75, 3.05) is 13.7 Å². The molecule has 0 saturated carbocycles. The van der Waals surface area contributed by atoms with E-state index in [0.29, 0.717) is 16.7 Å². The molecule has 0 aromatic heterocycles. The quantitative estimate of drug-likeness (QED) is 0.479. The van der Waals surface area contributed by atoms with Crippen LogP contribution in [0.15, 0.2) is 24.3 Å². The zero-order valence-corrected chi connectivity index (χ0v) is 18.1. The monoisotopic (exact) mass is 424 g/mol. The summed E-state index contributed by atoms with van der Waals surface area (Å²) in [6.45, 7) is 6.02. The highest BCUT2D eigenvalue weighted by molar-refractivity contribution is 6.30. The van der Waals surface area contributed by atoms with E-state index >= 15 is 0 Å². The lowest BCUT2D eigenvalue weighted by molar-refractivity contribution is -0.169. The van der Waals surface area contributed by atoms with Gasteiger partial charge < -0.3 is 14.6 Å². The van der Waals surface area contributed by atoms with Crippen molar-refractivity contribution in [3.63, 3.8) is 0 Å². The summed E-state index contributed by atoms with van der Waals surface area (Å²) in [5.41, 5.74) is -0.102. The number of aryl methyl sites for hydroxylation is 1. The number of esters is 1. The smallest absolute Gasteiger partial charge is 0.346 e. The maximum atomic E-state index is 13.4. The number of carbonyl (C=O) groups is 4. The van der Waals surface area contributed by atoms with Gasteiger partial charge in [-0.2, -0.15) is 0 Å². The molecule has 162 valence electrons. The van der Waals surface area contributed by atoms with Crippen LogP contribution < -0.4 is 4.74 Å². The SMILES string of the molecule is CCOC(=O)C(O)(Cc1c(C)cc2c(c1C)C(=O)c1c(OC)cccc1C2=O)C(C)=O. The van der Waals surface area contributed by atoms with Crippen LogP contribution in [0.25, 0.3) is 0 Å². The Bertz CT molecular complexity index is 1130. The Morgan fingerprint density at radius 1 is 1.06 bits per heavy atom. The van der Waals surface area contributed by atoms with E-state index < -0.39 is 17.4 Å². The zero-order valence-electron chi connectivity index (χ0n) is 18.1. The minimum Gasteiger partial charge on any atom is -0.496 e. The molecule has 0 heterocycles. The number of ketones is 3. The van der Waals surface area contributed by atoms with Gasteiger partial charge in [0.05, 0.1) is 19.3 Å². The molecule has 3 rings (SSSR count). The Labute approximate surface area is 180 Å². The lowest BCUT2D eigenvalue weighted by Gasteiger charge is -2.27. The molecule has 2 aromatic rings. The first kappa shape index (κ1) is 22.4. The number of rotatable bonds is 6. The second-order valence-electron chi connectivity index (χ2n) is 7.57. The molecule has 0 spiro atoms. The molecular weight excluding hydrogens is 400 g/mol. The number of fused-ring (bicyclic) bond motifs is 2. The molecule has 2 aromatic carbocycles. The van der Waals surface area contributed by atoms with E-state index in [4.69, 9.17) is 9.47 Å². The molecule has 1 unspecified atom stereocenters. The van der Waals surface area contributed by atoms with Gasteiger partial charge in [0.1, 0.15) is 5.75 Å². The predicted octanol–water partition coefficient (Wildman–Crippen LogP) is 2.51. The fourth-order valence-corrected chi connectivity index (χ4v) is 4.01. The van der Waals surface area contributed by atoms with Gasteiger partial charge in [0.2, 0.25) is 5.60 Å². The third-order valence-electron chi connectivity index (χ3n) is 5.75. The standard InChI is InChI=1S/C24H24O7/c1-6-31-23(28)24(29,14(4)25)11-17-12(2)10-16-19(13(17)3)22(27)20-15(21(16)26)8-7-9-18(20)30-5/h7-10,29H,6,11H2,1-5H3. The zero-order chi connectivity index (χ0) is 23.1. The summed E-state index contributed by atoms with van der Waals surface area (Å²) in [5.74, 6) is -2.23. The number of hydrogen-bond donors (Lipinski definition) is 1. The molecule has 0 radical (unpaired) electrons. The van der Waals surface area contributed by atoms with E-state index in [9.17, 15) is 24.3 Å². The maximum Gasteiger partial charge on any atom is 0.346 e. The van der Waals surface area contributed by atoms with Gasteiger partial charge in [0.15, 0.2) is 17.3 Å². The van der Waals surface area contributed by atoms with Crippen LogP contribution in [0.2, 0.25) is 0 Å². The summed E-state index contributed by atoms with van der Waals surface area (Å²) in [6, 6.07) is 6.39. The number of hydrogen-bond acceptors (Lipinski definition) is 7. The molecule has 0 amide bonds. The van der Waals surface area contributed by atoms with Gasteiger partial charge in [-0.15, -0.1) is 0 Å². The molecule has 1 aliphatic rings. The van der Waals surface area contributed by atoms with Crippen molar-refractivity contribution in [1.82, 2.24) is 0 Å². The van der Waals surface area contributed by atoms with Crippen molar-refractivity contribution in [3.05, 3.63) is 63.2 Å². The molecule has 7 nitrogen and oxygen atoms in total. The van der Waals surface area contributed by atoms with Gasteiger partial charge in [-0.3, -0.25) is 14.4 Å². The molecule has 1 N–H and O–H groups in total. The van der Waals surface area contributed by atoms with Crippen LogP contribution in [0.1, 0.15) is 62.4 Å². The van der Waals surface area contributed by atoms with Gasteiger partial charge >= 0.3 is 5.97 Å². The van der Waals surface area contributed by atoms with Crippen LogP contribution in [-0.2, 0) is 20.7 Å². The summed E-state index contributed by atoms with van der Waals surface area (Å²) in [5, 5.41) is 10.9. The first-order valence-corrected chi connectivity index (χ1v) is 9.88. The summed E-state index contributed by atoms with van der Waals surface area (Å²) in [7, 11) is 1.42. The molecule has 7 heteroatoms. The van der Waals surface area contributed by atoms with E-state index in [-0.39, 0.29) is 52.6 Å². The number of aliphatic hydroxyl groups is 1. The van der Waals surface area contributed by atoms with E-state index in [1.165, 1.54) is 7.11 Å². The third-order valence-corrected chi connectivity index (χ3v) is 5.75. The van der Waals surface area contributed by atoms with Crippen molar-refractivity contribution in [2.45, 2.75) is 39.7 Å². The maximum absolute atomic E-state index is 13.4. The Kier molecular flexibility index (Phi) is 5.83. The van der Waals surface area contributed by atoms with Gasteiger partial charge in [0.25, 0.3) is 0 Å². The number of ether oxygens (including phenoxy) is 2. The highest BCUT2D eigenvalue weighted by Gasteiger charge is 2.44. The van der Waals surface area contributed by atoms with E-state index in [2.05, 4.69) is 0 Å². The molecule has 1 atom stereocenters. The van der Waals surface area contributed by atoms with E-state index in [1.54, 1.807) is 45.0 Å². The van der Waals surface area contributed by atoms with Crippen LogP contribution in [0.5, 0.6) is 5.75 Å². The highest BCUT2D eigenvalue weighted by atomic mass is 16.5. The first-order chi connectivity index (χ1) is 14.6. The average Bonchev–Trinajstić information content (AvgIpc) is 2.73. The number of methoxy groups -OCH3 is 1. The molecule has 0 bridgehead atoms. The Hall–Kier alpha value is -3.32. The normalized spacial score (nSPS) is 14.4. The van der Waals surface area contributed by atoms with Crippen molar-refractivity contribution < 1.29 is 33.8 Å². The fraction of sp³-hybridized carbons (Fsp3) is 0.333. The number of benzene rings is 2. The fourth-order valence-electron chi connectivity index (χ4n) is 4.01. The lowest BCUT2D eigenvalue weighted by Crippen LogP contribution is -2.49. The minimum atomic E-state index is -2.39. The summed E-state index contributed by atoms with van der Waals surface area (Å²) >= 11 is 0. The Morgan fingerprint density at radius 3 is 2.32 bits per heavy atom. The molecular formula is C24H24O7. The molecule has 0 fully saturated rings. The molecule has 0 saturated heterocycles. The minimum absolute atomic E-state index is 0.000141. The van der Waals surface area contributed by atoms with Crippen LogP contribution in [0.4, 0.5) is 0 Å². The third kappa shape index (κ3) is 3.45. The number of Topliss-reactive ketones (excluding diaryl/α,β-unsaturated/α-hetero) is 1. The van der Waals surface area contributed by atoms with E-state index in [0.717, 1.165) is 6.92 Å². The Morgan fingerprint density at radius 2 is 1.74 bits per heavy atom. The second kappa shape index (κ2) is 8.07. The van der Waals surface area contributed by atoms with Crippen molar-refractivity contribution in [1.29, 1.82) is 0 Å². The van der Waals surface area contributed by atoms with Gasteiger partial charge in [-0.05, 0) is 56.5 Å². The van der Waals surface area contributed by atoms with Crippen LogP contribution in [0.3, 0.4) is 0 Å². The van der Waals surface area contributed by atoms with Gasteiger partial charge in [0, 0.05) is 23.1 Å². The van der Waals surface area contributed by atoms with E-state index in [1.807, 2.05) is 0 Å². The first-order valence-electron chi connectivity index (χ1n) is 9.88. The van der Waals surface area contributed by atoms with Crippen molar-refractivity contribution in [2.24, 2.45) is 0 Å². The van der Waals surface area contributed by atoms with Crippen LogP contribution >= 0.6 is 0 Å². The average molecular weight is 424 g/mol. The second-order valence-corrected chi connectivity index (χ2v) is 7.57. The summed E-state index contributed by atoms with van der Waals surface area (Å²) < 4.78 is 10.2. The van der Waals surface area contributed by atoms with Crippen LogP contribution in [0, 0.1) is 13.8 Å². The summed E-state index contributed by atoms with van der Waals surface area (Å²) in [6.07, 6.45) is -0.369. The van der Waals surface area contributed by atoms with Crippen LogP contribution in [-0.4, -0.2) is 47.7 Å². The predicted molar refractivity (Wildman–Crippen MR) is 112 cm³/mol. The largest absolute Gasteiger partial charge is 0.496 e. The number of carbonyl (C=O) groups excluding carboxylic acids is 4. The summed E-state index contributed by atoms with van der Waals surface area (Å²) in [4.78, 5) is 51.1. The van der Waals surface area contributed by atoms with Crippen molar-refractivity contribution >= 4 is 23.3 Å². The molecule has 31 heavy (non-hydrogen) atoms. The Balaban J connectivity index is 2.20. The lowest BCUT2D eigenvalue weighted by atomic mass is 9.77. The highest BCUT2D eigenvalue weighted by Crippen LogP contribution is 2.37. The molecule has 0 aliphatic heterocycles.